The van der Waals surface area contributed by atoms with Crippen LogP contribution in [0.5, 0.6) is 0 Å². The van der Waals surface area contributed by atoms with E-state index in [-0.39, 0.29) is 17.9 Å². The second-order valence-corrected chi connectivity index (χ2v) is 7.68. The van der Waals surface area contributed by atoms with E-state index in [1.165, 1.54) is 0 Å². The van der Waals surface area contributed by atoms with Crippen molar-refractivity contribution < 1.29 is 19.1 Å². The Morgan fingerprint density at radius 2 is 2.33 bits per heavy atom. The van der Waals surface area contributed by atoms with Gasteiger partial charge in [-0.05, 0) is 12.0 Å². The van der Waals surface area contributed by atoms with E-state index in [4.69, 9.17) is 9.47 Å². The van der Waals surface area contributed by atoms with Gasteiger partial charge < -0.3 is 19.3 Å². The second kappa shape index (κ2) is 6.76. The monoisotopic (exact) mass is 374 g/mol. The molecule has 0 N–H and O–H groups in total. The van der Waals surface area contributed by atoms with E-state index in [1.807, 2.05) is 31.6 Å². The Morgan fingerprint density at radius 1 is 1.52 bits per heavy atom. The van der Waals surface area contributed by atoms with E-state index in [9.17, 15) is 9.59 Å². The molecule has 2 bridgehead atoms. The maximum atomic E-state index is 13.2. The van der Waals surface area contributed by atoms with Crippen molar-refractivity contribution in [2.45, 2.75) is 18.1 Å². The number of nitrogens with zero attached hydrogens (tertiary/aromatic N) is 4. The van der Waals surface area contributed by atoms with Crippen molar-refractivity contribution in [3.05, 3.63) is 30.1 Å². The highest BCUT2D eigenvalue weighted by molar-refractivity contribution is 5.93. The standard InChI is InChI=1S/C19H26N4O4/c1-21(7-5-13-10-20-22(2)11-13)17(24)15-14-4-6-19(27-14)12-23(8-9-26-3)18(25)16(15)19/h4,6,10-11,14-16H,5,7-9,12H2,1-3H3/t14-,15+,16+,19-/m0/s1. The summed E-state index contributed by atoms with van der Waals surface area (Å²) < 4.78 is 13.0. The molecule has 27 heavy (non-hydrogen) atoms. The lowest BCUT2D eigenvalue weighted by molar-refractivity contribution is -0.142. The number of aryl methyl sites for hydroxylation is 1. The van der Waals surface area contributed by atoms with Crippen molar-refractivity contribution in [1.82, 2.24) is 19.6 Å². The average molecular weight is 374 g/mol. The Morgan fingerprint density at radius 3 is 3.04 bits per heavy atom. The van der Waals surface area contributed by atoms with Gasteiger partial charge in [-0.25, -0.2) is 0 Å². The zero-order valence-corrected chi connectivity index (χ0v) is 16.0. The predicted molar refractivity (Wildman–Crippen MR) is 96.7 cm³/mol. The Kier molecular flexibility index (Phi) is 4.55. The topological polar surface area (TPSA) is 76.9 Å². The Balaban J connectivity index is 1.46. The van der Waals surface area contributed by atoms with Crippen molar-refractivity contribution in [3.8, 4) is 0 Å². The number of methoxy groups -OCH3 is 1. The molecular formula is C19H26N4O4. The maximum absolute atomic E-state index is 13.2. The number of carbonyl (C=O) groups excluding carboxylic acids is 2. The molecule has 1 spiro atoms. The number of amides is 2. The highest BCUT2D eigenvalue weighted by atomic mass is 16.5. The van der Waals surface area contributed by atoms with Crippen molar-refractivity contribution in [2.75, 3.05) is 40.4 Å². The highest BCUT2D eigenvalue weighted by Crippen LogP contribution is 2.52. The van der Waals surface area contributed by atoms with Gasteiger partial charge in [0.05, 0.1) is 37.3 Å². The van der Waals surface area contributed by atoms with Crippen LogP contribution in [0.4, 0.5) is 0 Å². The third kappa shape index (κ3) is 2.96. The van der Waals surface area contributed by atoms with E-state index in [1.54, 1.807) is 28.6 Å². The number of hydrogen-bond acceptors (Lipinski definition) is 5. The van der Waals surface area contributed by atoms with Crippen LogP contribution in [0.25, 0.3) is 0 Å². The van der Waals surface area contributed by atoms with Gasteiger partial charge in [0, 0.05) is 40.5 Å². The number of ether oxygens (including phenoxy) is 2. The van der Waals surface area contributed by atoms with Crippen molar-refractivity contribution in [2.24, 2.45) is 18.9 Å². The van der Waals surface area contributed by atoms with E-state index >= 15 is 0 Å². The van der Waals surface area contributed by atoms with Crippen LogP contribution in [0.3, 0.4) is 0 Å². The van der Waals surface area contributed by atoms with Crippen LogP contribution in [0, 0.1) is 11.8 Å². The van der Waals surface area contributed by atoms with Crippen LogP contribution in [-0.4, -0.2) is 83.5 Å². The largest absolute Gasteiger partial charge is 0.383 e. The molecule has 0 unspecified atom stereocenters. The molecule has 1 aromatic heterocycles. The zero-order valence-electron chi connectivity index (χ0n) is 16.0. The summed E-state index contributed by atoms with van der Waals surface area (Å²) in [5, 5.41) is 4.16. The van der Waals surface area contributed by atoms with Crippen LogP contribution in [0.15, 0.2) is 24.5 Å². The highest BCUT2D eigenvalue weighted by Gasteiger charge is 2.66. The lowest BCUT2D eigenvalue weighted by Crippen LogP contribution is -2.45. The number of fused-ring (bicyclic) bond motifs is 1. The molecule has 2 amide bonds. The molecule has 3 aliphatic rings. The summed E-state index contributed by atoms with van der Waals surface area (Å²) >= 11 is 0. The molecule has 0 aromatic carbocycles. The van der Waals surface area contributed by atoms with E-state index in [0.717, 1.165) is 12.0 Å². The molecule has 146 valence electrons. The molecule has 8 heteroatoms. The summed E-state index contributed by atoms with van der Waals surface area (Å²) in [6.45, 7) is 2.08. The first-order chi connectivity index (χ1) is 12.9. The van der Waals surface area contributed by atoms with Crippen molar-refractivity contribution in [3.63, 3.8) is 0 Å². The normalized spacial score (nSPS) is 31.0. The van der Waals surface area contributed by atoms with Gasteiger partial charge >= 0.3 is 0 Å². The van der Waals surface area contributed by atoms with Crippen LogP contribution < -0.4 is 0 Å². The summed E-state index contributed by atoms with van der Waals surface area (Å²) in [7, 11) is 5.28. The molecule has 4 heterocycles. The van der Waals surface area contributed by atoms with E-state index in [2.05, 4.69) is 5.10 Å². The molecule has 4 rings (SSSR count). The van der Waals surface area contributed by atoms with Crippen LogP contribution in [0.2, 0.25) is 0 Å². The first kappa shape index (κ1) is 18.2. The first-order valence-electron chi connectivity index (χ1n) is 9.32. The molecule has 3 aliphatic heterocycles. The van der Waals surface area contributed by atoms with Gasteiger partial charge in [-0.1, -0.05) is 12.2 Å². The van der Waals surface area contributed by atoms with Crippen LogP contribution in [-0.2, 0) is 32.5 Å². The van der Waals surface area contributed by atoms with E-state index < -0.39 is 17.4 Å². The number of hydrogen-bond donors (Lipinski definition) is 0. The Bertz CT molecular complexity index is 776. The lowest BCUT2D eigenvalue weighted by Gasteiger charge is -2.27. The van der Waals surface area contributed by atoms with E-state index in [0.29, 0.717) is 26.2 Å². The fourth-order valence-electron chi connectivity index (χ4n) is 4.51. The SMILES string of the molecule is COCCN1C[C@]23C=C[C@H](O2)[C@@H](C(=O)N(C)CCc2cnn(C)c2)[C@@H]3C1=O. The van der Waals surface area contributed by atoms with Crippen LogP contribution >= 0.6 is 0 Å². The minimum absolute atomic E-state index is 0.00194. The molecule has 8 nitrogen and oxygen atoms in total. The number of aromatic nitrogens is 2. The quantitative estimate of drug-likeness (QED) is 0.621. The third-order valence-corrected chi connectivity index (χ3v) is 5.90. The molecular weight excluding hydrogens is 348 g/mol. The number of carbonyl (C=O) groups is 2. The number of rotatable bonds is 7. The predicted octanol–water partition coefficient (Wildman–Crippen LogP) is -0.151. The molecule has 2 fully saturated rings. The van der Waals surface area contributed by atoms with Gasteiger partial charge in [0.2, 0.25) is 11.8 Å². The summed E-state index contributed by atoms with van der Waals surface area (Å²) in [4.78, 5) is 29.6. The van der Waals surface area contributed by atoms with Gasteiger partial charge in [-0.15, -0.1) is 0 Å². The van der Waals surface area contributed by atoms with Gasteiger partial charge in [0.25, 0.3) is 0 Å². The Labute approximate surface area is 158 Å². The summed E-state index contributed by atoms with van der Waals surface area (Å²) in [6.07, 6.45) is 8.11. The number of likely N-dealkylation sites (N-methyl/N-ethyl adjacent to an activating group) is 1. The molecule has 4 atom stereocenters. The van der Waals surface area contributed by atoms with Gasteiger partial charge in [-0.3, -0.25) is 14.3 Å². The molecule has 0 saturated carbocycles. The second-order valence-electron chi connectivity index (χ2n) is 7.68. The average Bonchev–Trinajstić information content (AvgIpc) is 3.39. The summed E-state index contributed by atoms with van der Waals surface area (Å²) in [5.74, 6) is -0.911. The smallest absolute Gasteiger partial charge is 0.230 e. The minimum atomic E-state index is -0.653. The summed E-state index contributed by atoms with van der Waals surface area (Å²) in [6, 6.07) is 0. The van der Waals surface area contributed by atoms with Gasteiger partial charge in [0.15, 0.2) is 0 Å². The van der Waals surface area contributed by atoms with Crippen molar-refractivity contribution >= 4 is 11.8 Å². The summed E-state index contributed by atoms with van der Waals surface area (Å²) in [5.41, 5.74) is 0.431. The fourth-order valence-corrected chi connectivity index (χ4v) is 4.51. The molecule has 1 aromatic rings. The molecule has 0 radical (unpaired) electrons. The minimum Gasteiger partial charge on any atom is -0.383 e. The van der Waals surface area contributed by atoms with Gasteiger partial charge in [-0.2, -0.15) is 5.10 Å². The van der Waals surface area contributed by atoms with Crippen molar-refractivity contribution in [1.29, 1.82) is 0 Å². The molecule has 0 aliphatic carbocycles. The fraction of sp³-hybridized carbons (Fsp3) is 0.632. The lowest BCUT2D eigenvalue weighted by atomic mass is 9.76. The zero-order chi connectivity index (χ0) is 19.2. The van der Waals surface area contributed by atoms with Crippen LogP contribution in [0.1, 0.15) is 5.56 Å². The number of likely N-dealkylation sites (tertiary alicyclic amines) is 1. The molecule has 2 saturated heterocycles. The maximum Gasteiger partial charge on any atom is 0.230 e. The first-order valence-corrected chi connectivity index (χ1v) is 9.32. The third-order valence-electron chi connectivity index (χ3n) is 5.90. The van der Waals surface area contributed by atoms with Gasteiger partial charge in [0.1, 0.15) is 5.60 Å². The Hall–Kier alpha value is -2.19.